The first-order valence-electron chi connectivity index (χ1n) is 11.0. The Morgan fingerprint density at radius 2 is 0.926 bits per heavy atom. The Kier molecular flexibility index (Phi) is 32.9. The maximum atomic E-state index is 10.5. The molecule has 0 fully saturated rings. The number of phosphoric ester groups is 1. The smallest absolute Gasteiger partial charge is 0.344 e. The molecular weight excluding hydrogens is 370 g/mol. The van der Waals surface area contributed by atoms with Gasteiger partial charge in [-0.2, -0.15) is 6.42 Å². The van der Waals surface area contributed by atoms with Crippen LogP contribution in [0.25, 0.3) is 0 Å². The van der Waals surface area contributed by atoms with Crippen LogP contribution in [0.2, 0.25) is 0 Å². The standard InChI is InChI=1S/C18H39O4P.C3H7.Na/c1-2-3-4-5-6-7-8-9-10-11-12-13-14-15-16-17-18-22-23(19,20)21;1-3-2;/h2-18H2,1H3,(H2,19,20,21);1,3H2,2H3;/q;-1;+1. The van der Waals surface area contributed by atoms with E-state index in [0.29, 0.717) is 0 Å². The van der Waals surface area contributed by atoms with Crippen molar-refractivity contribution in [2.45, 2.75) is 123 Å². The van der Waals surface area contributed by atoms with Crippen molar-refractivity contribution < 1.29 is 48.4 Å². The zero-order valence-electron chi connectivity index (χ0n) is 18.6. The fourth-order valence-electron chi connectivity index (χ4n) is 2.83. The summed E-state index contributed by atoms with van der Waals surface area (Å²) in [4.78, 5) is 17.1. The molecule has 0 spiro atoms. The summed E-state index contributed by atoms with van der Waals surface area (Å²) >= 11 is 0. The summed E-state index contributed by atoms with van der Waals surface area (Å²) in [5, 5.41) is 0. The minimum atomic E-state index is -4.26. The minimum Gasteiger partial charge on any atom is -0.344 e. The molecule has 0 aromatic rings. The first-order chi connectivity index (χ1) is 12.5. The third-order valence-electron chi connectivity index (χ3n) is 4.26. The summed E-state index contributed by atoms with van der Waals surface area (Å²) in [6, 6.07) is 0. The Morgan fingerprint density at radius 3 is 1.19 bits per heavy atom. The molecule has 0 aliphatic rings. The van der Waals surface area contributed by atoms with Gasteiger partial charge in [0.1, 0.15) is 0 Å². The van der Waals surface area contributed by atoms with Crippen LogP contribution in [0.15, 0.2) is 0 Å². The molecule has 0 atom stereocenters. The first kappa shape index (κ1) is 32.8. The van der Waals surface area contributed by atoms with E-state index in [4.69, 9.17) is 9.79 Å². The van der Waals surface area contributed by atoms with Crippen LogP contribution in [0.5, 0.6) is 0 Å². The molecule has 27 heavy (non-hydrogen) atoms. The third-order valence-corrected chi connectivity index (χ3v) is 4.78. The van der Waals surface area contributed by atoms with Crippen LogP contribution in [-0.4, -0.2) is 16.4 Å². The van der Waals surface area contributed by atoms with Gasteiger partial charge in [0, 0.05) is 0 Å². The normalized spacial score (nSPS) is 10.9. The predicted molar refractivity (Wildman–Crippen MR) is 113 cm³/mol. The van der Waals surface area contributed by atoms with Gasteiger partial charge in [-0.25, -0.2) is 4.57 Å². The van der Waals surface area contributed by atoms with Gasteiger partial charge in [-0.3, -0.25) is 4.52 Å². The van der Waals surface area contributed by atoms with Crippen molar-refractivity contribution in [2.24, 2.45) is 0 Å². The van der Waals surface area contributed by atoms with Gasteiger partial charge in [-0.05, 0) is 6.42 Å². The SMILES string of the molecule is CCCCCCCCCCCCCCCCCCOP(=O)(O)O.[CH2-]CC.[Na+]. The van der Waals surface area contributed by atoms with Crippen LogP contribution in [-0.2, 0) is 9.09 Å². The summed E-state index contributed by atoms with van der Waals surface area (Å²) in [5.74, 6) is 0. The summed E-state index contributed by atoms with van der Waals surface area (Å²) in [6.45, 7) is 7.93. The fourth-order valence-corrected chi connectivity index (χ4v) is 3.20. The van der Waals surface area contributed by atoms with Crippen LogP contribution in [0.3, 0.4) is 0 Å². The predicted octanol–water partition coefficient (Wildman–Crippen LogP) is 4.59. The third kappa shape index (κ3) is 38.4. The molecule has 4 nitrogen and oxygen atoms in total. The molecule has 0 unspecified atom stereocenters. The summed E-state index contributed by atoms with van der Waals surface area (Å²) in [7, 11) is -4.26. The molecule has 0 aromatic carbocycles. The van der Waals surface area contributed by atoms with Crippen molar-refractivity contribution >= 4 is 7.82 Å². The van der Waals surface area contributed by atoms with E-state index in [1.54, 1.807) is 0 Å². The van der Waals surface area contributed by atoms with Crippen molar-refractivity contribution in [1.29, 1.82) is 0 Å². The van der Waals surface area contributed by atoms with Crippen molar-refractivity contribution in [3.8, 4) is 0 Å². The minimum absolute atomic E-state index is 0. The summed E-state index contributed by atoms with van der Waals surface area (Å²) in [6.07, 6.45) is 21.7. The molecule has 2 N–H and O–H groups in total. The fraction of sp³-hybridized carbons (Fsp3) is 0.952. The van der Waals surface area contributed by atoms with E-state index in [2.05, 4.69) is 18.4 Å². The van der Waals surface area contributed by atoms with Crippen LogP contribution >= 0.6 is 7.82 Å². The average Bonchev–Trinajstić information content (AvgIpc) is 2.57. The molecule has 0 saturated carbocycles. The molecule has 0 aromatic heterocycles. The monoisotopic (exact) mass is 416 g/mol. The zero-order chi connectivity index (χ0) is 19.9. The van der Waals surface area contributed by atoms with Gasteiger partial charge in [0.2, 0.25) is 0 Å². The van der Waals surface area contributed by atoms with Crippen molar-refractivity contribution in [3.05, 3.63) is 6.92 Å². The molecule has 6 heteroatoms. The Hall–Kier alpha value is 1.11. The van der Waals surface area contributed by atoms with E-state index in [-0.39, 0.29) is 36.2 Å². The molecule has 0 amide bonds. The first-order valence-corrected chi connectivity index (χ1v) is 12.5. The van der Waals surface area contributed by atoms with E-state index in [1.165, 1.54) is 83.5 Å². The molecule has 0 heterocycles. The molecule has 0 rings (SSSR count). The largest absolute Gasteiger partial charge is 1.00 e. The summed E-state index contributed by atoms with van der Waals surface area (Å²) in [5.41, 5.74) is 0. The molecule has 0 aliphatic heterocycles. The van der Waals surface area contributed by atoms with Gasteiger partial charge in [-0.15, -0.1) is 0 Å². The number of hydrogen-bond donors (Lipinski definition) is 2. The maximum absolute atomic E-state index is 10.5. The van der Waals surface area contributed by atoms with Crippen molar-refractivity contribution in [3.63, 3.8) is 0 Å². The topological polar surface area (TPSA) is 66.8 Å². The van der Waals surface area contributed by atoms with Gasteiger partial charge in [0.05, 0.1) is 6.61 Å². The Labute approximate surface area is 192 Å². The second-order valence-corrected chi connectivity index (χ2v) is 8.37. The molecule has 0 radical (unpaired) electrons. The number of unbranched alkanes of at least 4 members (excludes halogenated alkanes) is 15. The second-order valence-electron chi connectivity index (χ2n) is 7.13. The zero-order valence-corrected chi connectivity index (χ0v) is 21.5. The van der Waals surface area contributed by atoms with E-state index in [9.17, 15) is 4.57 Å². The Morgan fingerprint density at radius 1 is 0.667 bits per heavy atom. The van der Waals surface area contributed by atoms with E-state index >= 15 is 0 Å². The Bertz CT molecular complexity index is 298. The van der Waals surface area contributed by atoms with Gasteiger partial charge >= 0.3 is 37.4 Å². The molecule has 0 bridgehead atoms. The average molecular weight is 417 g/mol. The molecular formula is C21H46NaO4P. The van der Waals surface area contributed by atoms with E-state index in [1.807, 2.05) is 6.92 Å². The van der Waals surface area contributed by atoms with Gasteiger partial charge < -0.3 is 16.7 Å². The number of phosphoric acid groups is 1. The van der Waals surface area contributed by atoms with Crippen LogP contribution in [0.1, 0.15) is 123 Å². The van der Waals surface area contributed by atoms with Crippen LogP contribution in [0, 0.1) is 6.92 Å². The number of hydrogen-bond acceptors (Lipinski definition) is 2. The molecule has 0 saturated heterocycles. The van der Waals surface area contributed by atoms with Gasteiger partial charge in [-0.1, -0.05) is 110 Å². The van der Waals surface area contributed by atoms with E-state index in [0.717, 1.165) is 25.7 Å². The van der Waals surface area contributed by atoms with Crippen LogP contribution < -0.4 is 29.6 Å². The van der Waals surface area contributed by atoms with Gasteiger partial charge in [0.25, 0.3) is 0 Å². The second kappa shape index (κ2) is 27.1. The quantitative estimate of drug-likeness (QED) is 0.148. The van der Waals surface area contributed by atoms with Crippen molar-refractivity contribution in [1.82, 2.24) is 0 Å². The van der Waals surface area contributed by atoms with E-state index < -0.39 is 7.82 Å². The van der Waals surface area contributed by atoms with Crippen molar-refractivity contribution in [2.75, 3.05) is 6.61 Å². The molecule has 0 aliphatic carbocycles. The Balaban J connectivity index is -0.00000134. The summed E-state index contributed by atoms with van der Waals surface area (Å²) < 4.78 is 14.9. The maximum Gasteiger partial charge on any atom is 1.00 e. The molecule has 160 valence electrons. The van der Waals surface area contributed by atoms with Gasteiger partial charge in [0.15, 0.2) is 0 Å². The van der Waals surface area contributed by atoms with Crippen LogP contribution in [0.4, 0.5) is 0 Å². The number of rotatable bonds is 18.